The van der Waals surface area contributed by atoms with Crippen LogP contribution in [0.4, 0.5) is 0 Å². The number of aliphatic carboxylic acids is 1. The number of hydrogen-bond donors (Lipinski definition) is 2. The Labute approximate surface area is 105 Å². The number of imide groups is 1. The van der Waals surface area contributed by atoms with E-state index in [-0.39, 0.29) is 12.3 Å². The molecule has 18 heavy (non-hydrogen) atoms. The summed E-state index contributed by atoms with van der Waals surface area (Å²) < 4.78 is 0. The van der Waals surface area contributed by atoms with Gasteiger partial charge in [-0.3, -0.25) is 19.3 Å². The van der Waals surface area contributed by atoms with E-state index in [1.807, 2.05) is 6.92 Å². The fourth-order valence-electron chi connectivity index (χ4n) is 2.05. The molecule has 1 rings (SSSR count). The van der Waals surface area contributed by atoms with Gasteiger partial charge >= 0.3 is 5.97 Å². The average molecular weight is 254 g/mol. The zero-order valence-electron chi connectivity index (χ0n) is 10.3. The van der Waals surface area contributed by atoms with Gasteiger partial charge in [-0.15, -0.1) is 0 Å². The molecule has 6 nitrogen and oxygen atoms in total. The van der Waals surface area contributed by atoms with Crippen molar-refractivity contribution in [1.29, 1.82) is 0 Å². The van der Waals surface area contributed by atoms with Gasteiger partial charge in [-0.25, -0.2) is 0 Å². The third kappa shape index (κ3) is 3.40. The van der Waals surface area contributed by atoms with E-state index < -0.39 is 23.9 Å². The van der Waals surface area contributed by atoms with Crippen molar-refractivity contribution in [3.63, 3.8) is 0 Å². The fraction of sp³-hybridized carbons (Fsp3) is 0.583. The van der Waals surface area contributed by atoms with E-state index in [1.165, 1.54) is 12.2 Å². The van der Waals surface area contributed by atoms with E-state index in [9.17, 15) is 14.4 Å². The maximum atomic E-state index is 11.5. The van der Waals surface area contributed by atoms with Gasteiger partial charge in [-0.2, -0.15) is 0 Å². The van der Waals surface area contributed by atoms with Crippen LogP contribution >= 0.6 is 0 Å². The molecule has 0 fully saturated rings. The van der Waals surface area contributed by atoms with Crippen LogP contribution in [0.5, 0.6) is 0 Å². The highest BCUT2D eigenvalue weighted by Crippen LogP contribution is 2.20. The van der Waals surface area contributed by atoms with E-state index in [0.29, 0.717) is 19.3 Å². The molecule has 0 aromatic heterocycles. The Balaban J connectivity index is 2.56. The van der Waals surface area contributed by atoms with Crippen LogP contribution < -0.4 is 5.73 Å². The molecule has 100 valence electrons. The van der Waals surface area contributed by atoms with Crippen molar-refractivity contribution in [1.82, 2.24) is 4.90 Å². The van der Waals surface area contributed by atoms with Crippen LogP contribution in [0.3, 0.4) is 0 Å². The topological polar surface area (TPSA) is 101 Å². The standard InChI is InChI=1S/C12H18N2O4/c1-2-8(4-3-5-11(17)18)12(13)14-9(15)6-7-10(14)16/h6-8,12H,2-5,13H2,1H3,(H,17,18). The minimum Gasteiger partial charge on any atom is -0.481 e. The smallest absolute Gasteiger partial charge is 0.303 e. The molecule has 0 aromatic rings. The normalized spacial score (nSPS) is 18.2. The number of rotatable bonds is 7. The molecular formula is C12H18N2O4. The van der Waals surface area contributed by atoms with Gasteiger partial charge in [0.25, 0.3) is 11.8 Å². The highest BCUT2D eigenvalue weighted by molar-refractivity contribution is 6.13. The highest BCUT2D eigenvalue weighted by atomic mass is 16.4. The first-order valence-corrected chi connectivity index (χ1v) is 6.00. The lowest BCUT2D eigenvalue weighted by molar-refractivity contribution is -0.141. The zero-order valence-corrected chi connectivity index (χ0v) is 10.3. The molecule has 1 heterocycles. The molecule has 0 aliphatic carbocycles. The fourth-order valence-corrected chi connectivity index (χ4v) is 2.05. The monoisotopic (exact) mass is 254 g/mol. The summed E-state index contributed by atoms with van der Waals surface area (Å²) in [5.41, 5.74) is 5.93. The summed E-state index contributed by atoms with van der Waals surface area (Å²) in [6, 6.07) is 0. The number of carboxylic acid groups (broad SMARTS) is 1. The second-order valence-corrected chi connectivity index (χ2v) is 4.32. The summed E-state index contributed by atoms with van der Waals surface area (Å²) in [6.45, 7) is 1.91. The minimum atomic E-state index is -0.853. The van der Waals surface area contributed by atoms with Crippen molar-refractivity contribution in [2.75, 3.05) is 0 Å². The molecule has 0 spiro atoms. The Morgan fingerprint density at radius 2 is 1.94 bits per heavy atom. The predicted octanol–water partition coefficient (Wildman–Crippen LogP) is 0.477. The maximum Gasteiger partial charge on any atom is 0.303 e. The summed E-state index contributed by atoms with van der Waals surface area (Å²) in [6.07, 6.45) is 3.56. The third-order valence-electron chi connectivity index (χ3n) is 3.11. The molecule has 0 radical (unpaired) electrons. The van der Waals surface area contributed by atoms with Crippen LogP contribution in [0, 0.1) is 5.92 Å². The summed E-state index contributed by atoms with van der Waals surface area (Å²) in [5.74, 6) is -1.72. The number of nitrogens with two attached hydrogens (primary N) is 1. The van der Waals surface area contributed by atoms with Crippen molar-refractivity contribution in [2.45, 2.75) is 38.8 Å². The van der Waals surface area contributed by atoms with Crippen LogP contribution in [0.1, 0.15) is 32.6 Å². The Morgan fingerprint density at radius 3 is 2.39 bits per heavy atom. The van der Waals surface area contributed by atoms with Crippen LogP contribution in [0.2, 0.25) is 0 Å². The first-order chi connectivity index (χ1) is 8.47. The Bertz CT molecular complexity index is 360. The SMILES string of the molecule is CCC(CCCC(=O)O)C(N)N1C(=O)C=CC1=O. The molecule has 0 aromatic carbocycles. The van der Waals surface area contributed by atoms with Crippen LogP contribution in [0.15, 0.2) is 12.2 Å². The number of carbonyl (C=O) groups is 3. The molecule has 2 atom stereocenters. The summed E-state index contributed by atoms with van der Waals surface area (Å²) in [4.78, 5) is 34.4. The van der Waals surface area contributed by atoms with Crippen molar-refractivity contribution >= 4 is 17.8 Å². The number of hydrogen-bond acceptors (Lipinski definition) is 4. The summed E-state index contributed by atoms with van der Waals surface area (Å²) in [5, 5.41) is 8.57. The van der Waals surface area contributed by atoms with Crippen molar-refractivity contribution in [3.8, 4) is 0 Å². The zero-order chi connectivity index (χ0) is 13.7. The van der Waals surface area contributed by atoms with E-state index >= 15 is 0 Å². The molecule has 0 saturated carbocycles. The molecule has 2 amide bonds. The summed E-state index contributed by atoms with van der Waals surface area (Å²) >= 11 is 0. The second-order valence-electron chi connectivity index (χ2n) is 4.32. The van der Waals surface area contributed by atoms with Gasteiger partial charge in [-0.1, -0.05) is 13.3 Å². The lowest BCUT2D eigenvalue weighted by Crippen LogP contribution is -2.50. The molecule has 1 aliphatic heterocycles. The Morgan fingerprint density at radius 1 is 1.39 bits per heavy atom. The number of nitrogens with zero attached hydrogens (tertiary/aromatic N) is 1. The largest absolute Gasteiger partial charge is 0.481 e. The van der Waals surface area contributed by atoms with Gasteiger partial charge in [0.2, 0.25) is 0 Å². The van der Waals surface area contributed by atoms with Gasteiger partial charge in [0.1, 0.15) is 0 Å². The van der Waals surface area contributed by atoms with Gasteiger partial charge in [0.05, 0.1) is 6.17 Å². The van der Waals surface area contributed by atoms with E-state index in [1.54, 1.807) is 0 Å². The highest BCUT2D eigenvalue weighted by Gasteiger charge is 2.32. The van der Waals surface area contributed by atoms with Crippen molar-refractivity contribution in [2.24, 2.45) is 11.7 Å². The molecule has 0 saturated heterocycles. The predicted molar refractivity (Wildman–Crippen MR) is 64.2 cm³/mol. The van der Waals surface area contributed by atoms with E-state index in [4.69, 9.17) is 10.8 Å². The van der Waals surface area contributed by atoms with Gasteiger partial charge in [0.15, 0.2) is 0 Å². The third-order valence-corrected chi connectivity index (χ3v) is 3.11. The molecule has 1 aliphatic rings. The van der Waals surface area contributed by atoms with E-state index in [0.717, 1.165) is 4.90 Å². The first-order valence-electron chi connectivity index (χ1n) is 6.00. The lowest BCUT2D eigenvalue weighted by atomic mass is 9.95. The van der Waals surface area contributed by atoms with Crippen LogP contribution in [-0.2, 0) is 14.4 Å². The summed E-state index contributed by atoms with van der Waals surface area (Å²) in [7, 11) is 0. The number of amides is 2. The average Bonchev–Trinajstić information content (AvgIpc) is 2.63. The van der Waals surface area contributed by atoms with Crippen molar-refractivity contribution < 1.29 is 19.5 Å². The van der Waals surface area contributed by atoms with Gasteiger partial charge in [0, 0.05) is 18.6 Å². The molecule has 3 N–H and O–H groups in total. The maximum absolute atomic E-state index is 11.5. The van der Waals surface area contributed by atoms with Crippen LogP contribution in [0.25, 0.3) is 0 Å². The Kier molecular flexibility index (Phi) is 5.03. The number of carbonyl (C=O) groups excluding carboxylic acids is 2. The Hall–Kier alpha value is -1.69. The van der Waals surface area contributed by atoms with Crippen LogP contribution in [-0.4, -0.2) is 34.0 Å². The van der Waals surface area contributed by atoms with Crippen molar-refractivity contribution in [3.05, 3.63) is 12.2 Å². The minimum absolute atomic E-state index is 0.0721. The van der Waals surface area contributed by atoms with E-state index in [2.05, 4.69) is 0 Å². The molecule has 0 bridgehead atoms. The molecular weight excluding hydrogens is 236 g/mol. The van der Waals surface area contributed by atoms with Gasteiger partial charge < -0.3 is 10.8 Å². The van der Waals surface area contributed by atoms with Gasteiger partial charge in [-0.05, 0) is 18.8 Å². The molecule has 2 unspecified atom stereocenters. The lowest BCUT2D eigenvalue weighted by Gasteiger charge is -2.29. The first kappa shape index (κ1) is 14.4. The molecule has 6 heteroatoms. The number of carboxylic acids is 1. The second kappa shape index (κ2) is 6.30. The quantitative estimate of drug-likeness (QED) is 0.643.